The second kappa shape index (κ2) is 9.01. The lowest BCUT2D eigenvalue weighted by atomic mass is 10.1. The third-order valence-corrected chi connectivity index (χ3v) is 4.20. The van der Waals surface area contributed by atoms with Crippen molar-refractivity contribution in [3.63, 3.8) is 0 Å². The van der Waals surface area contributed by atoms with Gasteiger partial charge in [-0.05, 0) is 38.3 Å². The monoisotopic (exact) mass is 323 g/mol. The lowest BCUT2D eigenvalue weighted by molar-refractivity contribution is 0.0263. The molecule has 1 aliphatic heterocycles. The minimum absolute atomic E-state index is 0.396. The van der Waals surface area contributed by atoms with Crippen LogP contribution in [-0.2, 0) is 11.3 Å². The number of benzene rings is 1. The highest BCUT2D eigenvalue weighted by atomic mass is 35.5. The van der Waals surface area contributed by atoms with Crippen LogP contribution in [0, 0.1) is 0 Å². The summed E-state index contributed by atoms with van der Waals surface area (Å²) < 4.78 is 5.71. The number of nitrogens with zero attached hydrogens (tertiary/aromatic N) is 2. The van der Waals surface area contributed by atoms with E-state index in [1.165, 1.54) is 0 Å². The fraction of sp³-hybridized carbons (Fsp3) is 0.588. The van der Waals surface area contributed by atoms with Gasteiger partial charge in [0.25, 0.3) is 0 Å². The normalized spacial score (nSPS) is 16.9. The third kappa shape index (κ3) is 4.89. The van der Waals surface area contributed by atoms with E-state index in [0.29, 0.717) is 12.6 Å². The first-order valence-electron chi connectivity index (χ1n) is 8.12. The molecule has 0 unspecified atom stereocenters. The van der Waals surface area contributed by atoms with Crippen molar-refractivity contribution in [2.75, 3.05) is 26.2 Å². The standard InChI is InChI=1S/C17H26ClN3O/c1-3-19-17(20-13-14-7-5-6-8-16(14)18)21-11-9-15(10-12-21)22-4-2/h5-8,15H,3-4,9-13H2,1-2H3,(H,19,20). The Hall–Kier alpha value is -1.26. The van der Waals surface area contributed by atoms with Gasteiger partial charge < -0.3 is 15.0 Å². The molecule has 1 heterocycles. The predicted molar refractivity (Wildman–Crippen MR) is 92.5 cm³/mol. The van der Waals surface area contributed by atoms with Crippen LogP contribution in [0.25, 0.3) is 0 Å². The van der Waals surface area contributed by atoms with E-state index in [2.05, 4.69) is 24.1 Å². The summed E-state index contributed by atoms with van der Waals surface area (Å²) in [6.45, 7) is 8.39. The Morgan fingerprint density at radius 1 is 1.32 bits per heavy atom. The van der Waals surface area contributed by atoms with E-state index in [1.807, 2.05) is 24.3 Å². The third-order valence-electron chi connectivity index (χ3n) is 3.84. The van der Waals surface area contributed by atoms with Crippen LogP contribution < -0.4 is 5.32 Å². The minimum Gasteiger partial charge on any atom is -0.378 e. The fourth-order valence-electron chi connectivity index (χ4n) is 2.68. The number of aliphatic imine (C=N–C) groups is 1. The van der Waals surface area contributed by atoms with Crippen molar-refractivity contribution in [1.82, 2.24) is 10.2 Å². The zero-order chi connectivity index (χ0) is 15.8. The Balaban J connectivity index is 1.97. The number of halogens is 1. The summed E-state index contributed by atoms with van der Waals surface area (Å²) in [6.07, 6.45) is 2.52. The van der Waals surface area contributed by atoms with Crippen molar-refractivity contribution < 1.29 is 4.74 Å². The van der Waals surface area contributed by atoms with Crippen LogP contribution in [0.2, 0.25) is 5.02 Å². The van der Waals surface area contributed by atoms with E-state index >= 15 is 0 Å². The molecule has 0 radical (unpaired) electrons. The van der Waals surface area contributed by atoms with Gasteiger partial charge in [0.15, 0.2) is 5.96 Å². The topological polar surface area (TPSA) is 36.9 Å². The van der Waals surface area contributed by atoms with Gasteiger partial charge >= 0.3 is 0 Å². The van der Waals surface area contributed by atoms with Crippen molar-refractivity contribution >= 4 is 17.6 Å². The first-order chi connectivity index (χ1) is 10.7. The molecule has 4 nitrogen and oxygen atoms in total. The Morgan fingerprint density at radius 2 is 2.05 bits per heavy atom. The van der Waals surface area contributed by atoms with Crippen molar-refractivity contribution in [3.8, 4) is 0 Å². The maximum atomic E-state index is 6.20. The lowest BCUT2D eigenvalue weighted by Crippen LogP contribution is -2.47. The zero-order valence-electron chi connectivity index (χ0n) is 13.5. The molecule has 1 aliphatic rings. The number of ether oxygens (including phenoxy) is 1. The van der Waals surface area contributed by atoms with Crippen LogP contribution in [0.5, 0.6) is 0 Å². The quantitative estimate of drug-likeness (QED) is 0.667. The predicted octanol–water partition coefficient (Wildman–Crippen LogP) is 3.31. The number of rotatable bonds is 5. The smallest absolute Gasteiger partial charge is 0.194 e. The molecule has 0 bridgehead atoms. The average Bonchev–Trinajstić information content (AvgIpc) is 2.54. The Labute approximate surface area is 138 Å². The van der Waals surface area contributed by atoms with Gasteiger partial charge in [-0.25, -0.2) is 4.99 Å². The summed E-state index contributed by atoms with van der Waals surface area (Å²) in [4.78, 5) is 7.06. The van der Waals surface area contributed by atoms with Crippen molar-refractivity contribution in [2.24, 2.45) is 4.99 Å². The molecule has 22 heavy (non-hydrogen) atoms. The van der Waals surface area contributed by atoms with E-state index in [1.54, 1.807) is 0 Å². The second-order valence-corrected chi connectivity index (χ2v) is 5.81. The van der Waals surface area contributed by atoms with Crippen LogP contribution in [0.1, 0.15) is 32.3 Å². The molecule has 0 amide bonds. The first kappa shape index (κ1) is 17.1. The maximum Gasteiger partial charge on any atom is 0.194 e. The summed E-state index contributed by atoms with van der Waals surface area (Å²) in [7, 11) is 0. The fourth-order valence-corrected chi connectivity index (χ4v) is 2.88. The number of hydrogen-bond donors (Lipinski definition) is 1. The molecule has 0 aliphatic carbocycles. The molecule has 0 spiro atoms. The molecule has 0 atom stereocenters. The summed E-state index contributed by atoms with van der Waals surface area (Å²) in [5.74, 6) is 0.970. The molecule has 122 valence electrons. The summed E-state index contributed by atoms with van der Waals surface area (Å²) in [5, 5.41) is 4.16. The van der Waals surface area contributed by atoms with Crippen molar-refractivity contribution in [3.05, 3.63) is 34.9 Å². The number of piperidine rings is 1. The van der Waals surface area contributed by atoms with Crippen LogP contribution in [0.15, 0.2) is 29.3 Å². The number of likely N-dealkylation sites (tertiary alicyclic amines) is 1. The highest BCUT2D eigenvalue weighted by molar-refractivity contribution is 6.31. The van der Waals surface area contributed by atoms with Gasteiger partial charge in [0.05, 0.1) is 12.6 Å². The van der Waals surface area contributed by atoms with E-state index in [9.17, 15) is 0 Å². The Kier molecular flexibility index (Phi) is 7.00. The van der Waals surface area contributed by atoms with Gasteiger partial charge in [-0.15, -0.1) is 0 Å². The van der Waals surface area contributed by atoms with Crippen molar-refractivity contribution in [2.45, 2.75) is 39.3 Å². The van der Waals surface area contributed by atoms with Gasteiger partial charge in [-0.1, -0.05) is 29.8 Å². The summed E-state index contributed by atoms with van der Waals surface area (Å²) in [5.41, 5.74) is 1.06. The van der Waals surface area contributed by atoms with Gasteiger partial charge in [-0.3, -0.25) is 0 Å². The molecule has 1 aromatic carbocycles. The van der Waals surface area contributed by atoms with Crippen LogP contribution in [0.4, 0.5) is 0 Å². The van der Waals surface area contributed by atoms with E-state index in [4.69, 9.17) is 21.3 Å². The van der Waals surface area contributed by atoms with Gasteiger partial charge in [-0.2, -0.15) is 0 Å². The number of hydrogen-bond acceptors (Lipinski definition) is 2. The zero-order valence-corrected chi connectivity index (χ0v) is 14.3. The molecule has 2 rings (SSSR count). The van der Waals surface area contributed by atoms with E-state index < -0.39 is 0 Å². The Morgan fingerprint density at radius 3 is 2.68 bits per heavy atom. The highest BCUT2D eigenvalue weighted by Gasteiger charge is 2.21. The molecule has 1 fully saturated rings. The maximum absolute atomic E-state index is 6.20. The SMILES string of the molecule is CCNC(=NCc1ccccc1Cl)N1CCC(OCC)CC1. The van der Waals surface area contributed by atoms with Crippen molar-refractivity contribution in [1.29, 1.82) is 0 Å². The van der Waals surface area contributed by atoms with Crippen LogP contribution >= 0.6 is 11.6 Å². The van der Waals surface area contributed by atoms with Gasteiger partial charge in [0.1, 0.15) is 0 Å². The largest absolute Gasteiger partial charge is 0.378 e. The average molecular weight is 324 g/mol. The molecule has 1 saturated heterocycles. The minimum atomic E-state index is 0.396. The van der Waals surface area contributed by atoms with E-state index in [0.717, 1.165) is 55.6 Å². The highest BCUT2D eigenvalue weighted by Crippen LogP contribution is 2.17. The number of guanidine groups is 1. The lowest BCUT2D eigenvalue weighted by Gasteiger charge is -2.34. The molecule has 1 aromatic rings. The van der Waals surface area contributed by atoms with Crippen LogP contribution in [0.3, 0.4) is 0 Å². The molecule has 1 N–H and O–H groups in total. The summed E-state index contributed by atoms with van der Waals surface area (Å²) >= 11 is 6.20. The Bertz CT molecular complexity index is 485. The molecule has 0 saturated carbocycles. The molecular formula is C17H26ClN3O. The second-order valence-electron chi connectivity index (χ2n) is 5.40. The van der Waals surface area contributed by atoms with Gasteiger partial charge in [0, 0.05) is 31.3 Å². The number of nitrogens with one attached hydrogen (secondary N) is 1. The summed E-state index contributed by atoms with van der Waals surface area (Å²) in [6, 6.07) is 7.88. The van der Waals surface area contributed by atoms with Gasteiger partial charge in [0.2, 0.25) is 0 Å². The van der Waals surface area contributed by atoms with Crippen LogP contribution in [-0.4, -0.2) is 43.2 Å². The molecule has 0 aromatic heterocycles. The molecular weight excluding hydrogens is 298 g/mol. The van der Waals surface area contributed by atoms with E-state index in [-0.39, 0.29) is 0 Å². The molecule has 5 heteroatoms. The first-order valence-corrected chi connectivity index (χ1v) is 8.50.